The number of aryl methyl sites for hydroxylation is 1. The molecular weight excluding hydrogens is 268 g/mol. The van der Waals surface area contributed by atoms with Crippen molar-refractivity contribution < 1.29 is 19.1 Å². The Labute approximate surface area is 125 Å². The highest BCUT2D eigenvalue weighted by Gasteiger charge is 2.17. The molecule has 0 atom stereocenters. The second-order valence-electron chi connectivity index (χ2n) is 4.89. The second kappa shape index (κ2) is 8.25. The molecule has 0 aliphatic carbocycles. The minimum absolute atomic E-state index is 0.490. The molecule has 1 aromatic rings. The number of carbonyl (C=O) groups is 2. The van der Waals surface area contributed by atoms with Crippen LogP contribution in [0.4, 0.5) is 0 Å². The van der Waals surface area contributed by atoms with Crippen molar-refractivity contribution in [1.82, 2.24) is 0 Å². The molecule has 0 aliphatic heterocycles. The van der Waals surface area contributed by atoms with E-state index in [-0.39, 0.29) is 0 Å². The SMILES string of the molecule is CCCc1ccccc1/C=C(\C)C(OC(C)=O)OC(C)=O. The zero-order valence-electron chi connectivity index (χ0n) is 13.0. The van der Waals surface area contributed by atoms with Crippen LogP contribution >= 0.6 is 0 Å². The van der Waals surface area contributed by atoms with E-state index in [2.05, 4.69) is 13.0 Å². The Hall–Kier alpha value is -2.10. The first-order valence-electron chi connectivity index (χ1n) is 7.04. The van der Waals surface area contributed by atoms with Gasteiger partial charge >= 0.3 is 11.9 Å². The summed E-state index contributed by atoms with van der Waals surface area (Å²) in [5.74, 6) is -0.980. The number of benzene rings is 1. The molecule has 0 amide bonds. The lowest BCUT2D eigenvalue weighted by Gasteiger charge is -2.17. The second-order valence-corrected chi connectivity index (χ2v) is 4.89. The van der Waals surface area contributed by atoms with Gasteiger partial charge in [0.2, 0.25) is 0 Å². The summed E-state index contributed by atoms with van der Waals surface area (Å²) in [5.41, 5.74) is 2.92. The van der Waals surface area contributed by atoms with Gasteiger partial charge in [0.1, 0.15) is 0 Å². The summed E-state index contributed by atoms with van der Waals surface area (Å²) in [6.45, 7) is 6.47. The van der Waals surface area contributed by atoms with Crippen molar-refractivity contribution in [2.24, 2.45) is 0 Å². The van der Waals surface area contributed by atoms with Gasteiger partial charge in [-0.3, -0.25) is 9.59 Å². The molecule has 0 aliphatic rings. The fraction of sp³-hybridized carbons (Fsp3) is 0.412. The molecule has 114 valence electrons. The number of carbonyl (C=O) groups excluding carboxylic acids is 2. The number of hydrogen-bond acceptors (Lipinski definition) is 4. The van der Waals surface area contributed by atoms with E-state index < -0.39 is 18.2 Å². The van der Waals surface area contributed by atoms with Crippen molar-refractivity contribution in [2.45, 2.75) is 46.8 Å². The van der Waals surface area contributed by atoms with E-state index >= 15 is 0 Å². The van der Waals surface area contributed by atoms with Gasteiger partial charge in [-0.25, -0.2) is 0 Å². The topological polar surface area (TPSA) is 52.6 Å². The van der Waals surface area contributed by atoms with Crippen LogP contribution in [0, 0.1) is 0 Å². The van der Waals surface area contributed by atoms with Gasteiger partial charge in [0, 0.05) is 19.4 Å². The third-order valence-corrected chi connectivity index (χ3v) is 2.88. The Kier molecular flexibility index (Phi) is 6.66. The van der Waals surface area contributed by atoms with Crippen LogP contribution in [0.1, 0.15) is 45.2 Å². The lowest BCUT2D eigenvalue weighted by Crippen LogP contribution is -2.23. The van der Waals surface area contributed by atoms with Crippen molar-refractivity contribution in [1.29, 1.82) is 0 Å². The molecule has 0 radical (unpaired) electrons. The van der Waals surface area contributed by atoms with Crippen molar-refractivity contribution in [3.8, 4) is 0 Å². The van der Waals surface area contributed by atoms with Gasteiger partial charge in [-0.15, -0.1) is 0 Å². The minimum atomic E-state index is -0.977. The Morgan fingerprint density at radius 3 is 2.19 bits per heavy atom. The molecule has 0 saturated heterocycles. The molecule has 1 rings (SSSR count). The first-order valence-corrected chi connectivity index (χ1v) is 7.04. The molecule has 0 fully saturated rings. The summed E-state index contributed by atoms with van der Waals surface area (Å²) in [6.07, 6.45) is 2.92. The summed E-state index contributed by atoms with van der Waals surface area (Å²) in [7, 11) is 0. The quantitative estimate of drug-likeness (QED) is 0.594. The zero-order chi connectivity index (χ0) is 15.8. The lowest BCUT2D eigenvalue weighted by atomic mass is 10.0. The number of hydrogen-bond donors (Lipinski definition) is 0. The molecule has 1 aromatic carbocycles. The predicted molar refractivity (Wildman–Crippen MR) is 81.4 cm³/mol. The Morgan fingerprint density at radius 1 is 1.10 bits per heavy atom. The van der Waals surface area contributed by atoms with Crippen molar-refractivity contribution in [3.05, 3.63) is 41.0 Å². The van der Waals surface area contributed by atoms with Crippen LogP contribution in [-0.2, 0) is 25.5 Å². The molecule has 4 nitrogen and oxygen atoms in total. The molecular formula is C17H22O4. The van der Waals surface area contributed by atoms with E-state index in [0.717, 1.165) is 18.4 Å². The standard InChI is InChI=1S/C17H22O4/c1-5-8-15-9-6-7-10-16(15)11-12(2)17(20-13(3)18)21-14(4)19/h6-7,9-11,17H,5,8H2,1-4H3/b12-11+. The maximum absolute atomic E-state index is 11.1. The van der Waals surface area contributed by atoms with Gasteiger partial charge in [-0.1, -0.05) is 37.6 Å². The first-order chi connectivity index (χ1) is 9.93. The molecule has 0 spiro atoms. The molecule has 0 aromatic heterocycles. The van der Waals surface area contributed by atoms with Crippen LogP contribution in [0.25, 0.3) is 6.08 Å². The zero-order valence-corrected chi connectivity index (χ0v) is 13.0. The third kappa shape index (κ3) is 5.81. The summed E-state index contributed by atoms with van der Waals surface area (Å²) in [6, 6.07) is 8.00. The summed E-state index contributed by atoms with van der Waals surface area (Å²) in [4.78, 5) is 22.2. The van der Waals surface area contributed by atoms with Gasteiger partial charge in [-0.05, 0) is 30.5 Å². The van der Waals surface area contributed by atoms with Crippen LogP contribution in [0.5, 0.6) is 0 Å². The molecule has 4 heteroatoms. The number of rotatable bonds is 6. The predicted octanol–water partition coefficient (Wildman–Crippen LogP) is 3.49. The van der Waals surface area contributed by atoms with Gasteiger partial charge in [-0.2, -0.15) is 0 Å². The fourth-order valence-electron chi connectivity index (χ4n) is 2.00. The largest absolute Gasteiger partial charge is 0.421 e. The summed E-state index contributed by atoms with van der Waals surface area (Å²) in [5, 5.41) is 0. The van der Waals surface area contributed by atoms with E-state index in [1.807, 2.05) is 24.3 Å². The highest BCUT2D eigenvalue weighted by molar-refractivity contribution is 5.69. The maximum atomic E-state index is 11.1. The van der Waals surface area contributed by atoms with Crippen LogP contribution < -0.4 is 0 Å². The van der Waals surface area contributed by atoms with E-state index in [1.54, 1.807) is 6.92 Å². The van der Waals surface area contributed by atoms with Crippen molar-refractivity contribution >= 4 is 18.0 Å². The highest BCUT2D eigenvalue weighted by atomic mass is 16.7. The molecule has 0 unspecified atom stereocenters. The molecule has 0 heterocycles. The van der Waals surface area contributed by atoms with Crippen molar-refractivity contribution in [3.63, 3.8) is 0 Å². The molecule has 0 N–H and O–H groups in total. The van der Waals surface area contributed by atoms with Crippen LogP contribution in [0.2, 0.25) is 0 Å². The molecule has 0 bridgehead atoms. The molecule has 21 heavy (non-hydrogen) atoms. The highest BCUT2D eigenvalue weighted by Crippen LogP contribution is 2.18. The van der Waals surface area contributed by atoms with Crippen molar-refractivity contribution in [2.75, 3.05) is 0 Å². The first kappa shape index (κ1) is 17.0. The van der Waals surface area contributed by atoms with E-state index in [1.165, 1.54) is 19.4 Å². The van der Waals surface area contributed by atoms with Gasteiger partial charge in [0.05, 0.1) is 0 Å². The van der Waals surface area contributed by atoms with E-state index in [4.69, 9.17) is 9.47 Å². The average molecular weight is 290 g/mol. The fourth-order valence-corrected chi connectivity index (χ4v) is 2.00. The van der Waals surface area contributed by atoms with E-state index in [0.29, 0.717) is 5.57 Å². The number of ether oxygens (including phenoxy) is 2. The third-order valence-electron chi connectivity index (χ3n) is 2.88. The van der Waals surface area contributed by atoms with Gasteiger partial charge in [0.15, 0.2) is 0 Å². The Morgan fingerprint density at radius 2 is 1.67 bits per heavy atom. The Bertz CT molecular complexity index is 515. The lowest BCUT2D eigenvalue weighted by molar-refractivity contribution is -0.177. The van der Waals surface area contributed by atoms with E-state index in [9.17, 15) is 9.59 Å². The smallest absolute Gasteiger partial charge is 0.305 e. The van der Waals surface area contributed by atoms with Crippen LogP contribution in [0.3, 0.4) is 0 Å². The summed E-state index contributed by atoms with van der Waals surface area (Å²) < 4.78 is 10.1. The van der Waals surface area contributed by atoms with Crippen LogP contribution in [0.15, 0.2) is 29.8 Å². The Balaban J connectivity index is 3.03. The maximum Gasteiger partial charge on any atom is 0.305 e. The number of esters is 2. The minimum Gasteiger partial charge on any atom is -0.421 e. The van der Waals surface area contributed by atoms with Crippen LogP contribution in [-0.4, -0.2) is 18.2 Å². The normalized spacial score (nSPS) is 11.4. The average Bonchev–Trinajstić information content (AvgIpc) is 2.39. The molecule has 0 saturated carbocycles. The van der Waals surface area contributed by atoms with Gasteiger partial charge < -0.3 is 9.47 Å². The monoisotopic (exact) mass is 290 g/mol. The summed E-state index contributed by atoms with van der Waals surface area (Å²) >= 11 is 0. The van der Waals surface area contributed by atoms with Gasteiger partial charge in [0.25, 0.3) is 6.29 Å².